The molecule has 0 saturated heterocycles. The number of hydrogen-bond acceptors (Lipinski definition) is 3. The van der Waals surface area contributed by atoms with Crippen LogP contribution in [-0.2, 0) is 9.59 Å². The van der Waals surface area contributed by atoms with Crippen molar-refractivity contribution in [1.82, 2.24) is 0 Å². The topological polar surface area (TPSA) is 70.0 Å². The number of ketones is 1. The summed E-state index contributed by atoms with van der Waals surface area (Å²) in [5, 5.41) is 10.2. The highest BCUT2D eigenvalue weighted by Gasteiger charge is 2.03. The van der Waals surface area contributed by atoms with Crippen LogP contribution in [-0.4, -0.2) is 17.4 Å². The van der Waals surface area contributed by atoms with Gasteiger partial charge >= 0.3 is 0 Å². The van der Waals surface area contributed by atoms with Crippen LogP contribution in [0.25, 0.3) is 5.57 Å². The highest BCUT2D eigenvalue weighted by Crippen LogP contribution is 2.18. The molecule has 0 saturated carbocycles. The first kappa shape index (κ1) is 13.8. The lowest BCUT2D eigenvalue weighted by Crippen LogP contribution is -2.06. The van der Waals surface area contributed by atoms with E-state index in [0.717, 1.165) is 11.1 Å². The van der Waals surface area contributed by atoms with Gasteiger partial charge in [0.05, 0.1) is 5.71 Å². The molecule has 0 bridgehead atoms. The Morgan fingerprint density at radius 2 is 1.89 bits per heavy atom. The zero-order chi connectivity index (χ0) is 13.7. The molecule has 94 valence electrons. The van der Waals surface area contributed by atoms with Gasteiger partial charge in [-0.3, -0.25) is 15.0 Å². The van der Waals surface area contributed by atoms with E-state index < -0.39 is 0 Å². The molecule has 1 aromatic carbocycles. The normalized spacial score (nSPS) is 10.9. The molecule has 0 heterocycles. The van der Waals surface area contributed by atoms with Crippen molar-refractivity contribution in [3.05, 3.63) is 35.9 Å². The van der Waals surface area contributed by atoms with E-state index in [4.69, 9.17) is 5.41 Å². The fourth-order valence-corrected chi connectivity index (χ4v) is 1.45. The van der Waals surface area contributed by atoms with Crippen molar-refractivity contribution in [3.63, 3.8) is 0 Å². The van der Waals surface area contributed by atoms with E-state index in [1.165, 1.54) is 19.9 Å². The second-order valence-electron chi connectivity index (χ2n) is 4.06. The lowest BCUT2D eigenvalue weighted by Gasteiger charge is -2.06. The van der Waals surface area contributed by atoms with Gasteiger partial charge in [0.2, 0.25) is 5.91 Å². The van der Waals surface area contributed by atoms with Crippen LogP contribution in [0.15, 0.2) is 30.3 Å². The van der Waals surface area contributed by atoms with Gasteiger partial charge in [0, 0.05) is 19.5 Å². The first-order chi connectivity index (χ1) is 8.40. The van der Waals surface area contributed by atoms with Gasteiger partial charge in [-0.1, -0.05) is 12.1 Å². The zero-order valence-electron chi connectivity index (χ0n) is 10.7. The summed E-state index contributed by atoms with van der Waals surface area (Å²) < 4.78 is 0. The number of rotatable bonds is 4. The SMILES string of the molecule is CC(=O)Nc1cccc(/C(C)=C/C(=N)C(C)=O)c1. The second-order valence-corrected chi connectivity index (χ2v) is 4.06. The van der Waals surface area contributed by atoms with Crippen molar-refractivity contribution >= 4 is 28.7 Å². The number of allylic oxidation sites excluding steroid dienone is 2. The van der Waals surface area contributed by atoms with Crippen molar-refractivity contribution in [2.75, 3.05) is 5.32 Å². The number of hydrogen-bond donors (Lipinski definition) is 2. The summed E-state index contributed by atoms with van der Waals surface area (Å²) >= 11 is 0. The van der Waals surface area contributed by atoms with E-state index in [0.29, 0.717) is 5.69 Å². The van der Waals surface area contributed by atoms with Gasteiger partial charge in [-0.15, -0.1) is 0 Å². The minimum Gasteiger partial charge on any atom is -0.326 e. The maximum atomic E-state index is 11.0. The molecule has 0 aliphatic rings. The number of carbonyl (C=O) groups excluding carboxylic acids is 2. The number of amides is 1. The summed E-state index contributed by atoms with van der Waals surface area (Å²) in [4.78, 5) is 22.0. The van der Waals surface area contributed by atoms with Crippen LogP contribution in [0.3, 0.4) is 0 Å². The molecule has 0 aromatic heterocycles. The van der Waals surface area contributed by atoms with Gasteiger partial charge < -0.3 is 5.32 Å². The van der Waals surface area contributed by atoms with Gasteiger partial charge in [0.1, 0.15) is 0 Å². The minimum absolute atomic E-state index is 0.0302. The summed E-state index contributed by atoms with van der Waals surface area (Å²) in [5.74, 6) is -0.405. The van der Waals surface area contributed by atoms with E-state index in [2.05, 4.69) is 5.32 Å². The zero-order valence-corrected chi connectivity index (χ0v) is 10.7. The molecule has 0 radical (unpaired) electrons. The highest BCUT2D eigenvalue weighted by atomic mass is 16.1. The standard InChI is InChI=1S/C14H16N2O2/c1-9(7-14(15)10(2)17)12-5-4-6-13(8-12)16-11(3)18/h4-8,15H,1-3H3,(H,16,18)/b9-7+,15-14?. The Morgan fingerprint density at radius 1 is 1.22 bits per heavy atom. The molecule has 0 unspecified atom stereocenters. The lowest BCUT2D eigenvalue weighted by atomic mass is 10.0. The molecular formula is C14H16N2O2. The fourth-order valence-electron chi connectivity index (χ4n) is 1.45. The predicted octanol–water partition coefficient (Wildman–Crippen LogP) is 2.66. The Morgan fingerprint density at radius 3 is 2.44 bits per heavy atom. The molecule has 4 nitrogen and oxygen atoms in total. The first-order valence-corrected chi connectivity index (χ1v) is 5.56. The number of benzene rings is 1. The molecule has 1 aromatic rings. The summed E-state index contributed by atoms with van der Waals surface area (Å²) in [6.45, 7) is 4.63. The molecule has 1 amide bonds. The van der Waals surface area contributed by atoms with E-state index in [9.17, 15) is 9.59 Å². The van der Waals surface area contributed by atoms with E-state index in [-0.39, 0.29) is 17.4 Å². The molecule has 0 aliphatic heterocycles. The number of nitrogens with one attached hydrogen (secondary N) is 2. The maximum absolute atomic E-state index is 11.0. The van der Waals surface area contributed by atoms with Crippen LogP contribution in [0.1, 0.15) is 26.3 Å². The lowest BCUT2D eigenvalue weighted by molar-refractivity contribution is -0.114. The minimum atomic E-state index is -0.271. The third-order valence-electron chi connectivity index (χ3n) is 2.38. The van der Waals surface area contributed by atoms with Crippen molar-refractivity contribution in [1.29, 1.82) is 5.41 Å². The Balaban J connectivity index is 2.99. The Labute approximate surface area is 106 Å². The maximum Gasteiger partial charge on any atom is 0.221 e. The molecule has 0 atom stereocenters. The molecule has 0 aliphatic carbocycles. The number of Topliss-reactive ketones (excluding diaryl/α,β-unsaturated/α-hetero) is 1. The van der Waals surface area contributed by atoms with Crippen LogP contribution >= 0.6 is 0 Å². The molecule has 2 N–H and O–H groups in total. The molecular weight excluding hydrogens is 228 g/mol. The molecule has 0 spiro atoms. The van der Waals surface area contributed by atoms with Crippen molar-refractivity contribution in [2.45, 2.75) is 20.8 Å². The van der Waals surface area contributed by atoms with Gasteiger partial charge in [0.25, 0.3) is 0 Å². The molecule has 0 fully saturated rings. The Bertz CT molecular complexity index is 530. The summed E-state index contributed by atoms with van der Waals surface area (Å²) in [6, 6.07) is 7.27. The van der Waals surface area contributed by atoms with E-state index in [1.54, 1.807) is 12.1 Å². The van der Waals surface area contributed by atoms with Crippen molar-refractivity contribution < 1.29 is 9.59 Å². The Kier molecular flexibility index (Phi) is 4.54. The number of carbonyl (C=O) groups is 2. The molecule has 4 heteroatoms. The van der Waals surface area contributed by atoms with E-state index in [1.807, 2.05) is 19.1 Å². The van der Waals surface area contributed by atoms with Crippen LogP contribution in [0, 0.1) is 5.41 Å². The smallest absolute Gasteiger partial charge is 0.221 e. The van der Waals surface area contributed by atoms with Crippen LogP contribution in [0.4, 0.5) is 5.69 Å². The van der Waals surface area contributed by atoms with Gasteiger partial charge in [-0.05, 0) is 36.3 Å². The number of anilines is 1. The monoisotopic (exact) mass is 244 g/mol. The average molecular weight is 244 g/mol. The quantitative estimate of drug-likeness (QED) is 0.799. The van der Waals surface area contributed by atoms with Crippen molar-refractivity contribution in [3.8, 4) is 0 Å². The van der Waals surface area contributed by atoms with Crippen LogP contribution in [0.5, 0.6) is 0 Å². The molecule has 18 heavy (non-hydrogen) atoms. The average Bonchev–Trinajstić information content (AvgIpc) is 2.28. The van der Waals surface area contributed by atoms with E-state index >= 15 is 0 Å². The second kappa shape index (κ2) is 5.91. The third-order valence-corrected chi connectivity index (χ3v) is 2.38. The van der Waals surface area contributed by atoms with Gasteiger partial charge in [-0.25, -0.2) is 0 Å². The molecule has 1 rings (SSSR count). The highest BCUT2D eigenvalue weighted by molar-refractivity contribution is 6.43. The van der Waals surface area contributed by atoms with Crippen molar-refractivity contribution in [2.24, 2.45) is 0 Å². The summed E-state index contributed by atoms with van der Waals surface area (Å²) in [7, 11) is 0. The fraction of sp³-hybridized carbons (Fsp3) is 0.214. The Hall–Kier alpha value is -2.23. The predicted molar refractivity (Wildman–Crippen MR) is 72.8 cm³/mol. The third kappa shape index (κ3) is 3.97. The van der Waals surface area contributed by atoms with Gasteiger partial charge in [-0.2, -0.15) is 0 Å². The van der Waals surface area contributed by atoms with Gasteiger partial charge in [0.15, 0.2) is 5.78 Å². The van der Waals surface area contributed by atoms with Crippen LogP contribution < -0.4 is 5.32 Å². The first-order valence-electron chi connectivity index (χ1n) is 5.56. The van der Waals surface area contributed by atoms with Crippen LogP contribution in [0.2, 0.25) is 0 Å². The summed E-state index contributed by atoms with van der Waals surface area (Å²) in [6.07, 6.45) is 1.52. The largest absolute Gasteiger partial charge is 0.326 e. The summed E-state index contributed by atoms with van der Waals surface area (Å²) in [5.41, 5.74) is 2.34.